The van der Waals surface area contributed by atoms with Gasteiger partial charge in [0.2, 0.25) is 10.0 Å². The molecule has 1 fully saturated rings. The molecule has 0 unspecified atom stereocenters. The predicted molar refractivity (Wildman–Crippen MR) is 94.4 cm³/mol. The van der Waals surface area contributed by atoms with E-state index in [4.69, 9.17) is 9.47 Å². The third-order valence-electron chi connectivity index (χ3n) is 4.19. The van der Waals surface area contributed by atoms with Gasteiger partial charge in [-0.1, -0.05) is 6.07 Å². The topological polar surface area (TPSA) is 76.2 Å². The number of carbonyl (C=O) groups excluding carboxylic acids is 1. The van der Waals surface area contributed by atoms with Crippen LogP contribution < -0.4 is 4.74 Å². The van der Waals surface area contributed by atoms with Crippen molar-refractivity contribution in [1.82, 2.24) is 9.21 Å². The van der Waals surface area contributed by atoms with E-state index in [2.05, 4.69) is 0 Å². The van der Waals surface area contributed by atoms with E-state index in [1.807, 2.05) is 19.9 Å². The molecule has 25 heavy (non-hydrogen) atoms. The Morgan fingerprint density at radius 2 is 1.88 bits per heavy atom. The third-order valence-corrected chi connectivity index (χ3v) is 6.09. The molecule has 0 atom stereocenters. The van der Waals surface area contributed by atoms with E-state index >= 15 is 0 Å². The third kappa shape index (κ3) is 4.24. The quantitative estimate of drug-likeness (QED) is 0.812. The van der Waals surface area contributed by atoms with Gasteiger partial charge in [0, 0.05) is 26.2 Å². The highest BCUT2D eigenvalue weighted by Gasteiger charge is 2.31. The molecule has 140 valence electrons. The summed E-state index contributed by atoms with van der Waals surface area (Å²) in [6.07, 6.45) is 0.163. The summed E-state index contributed by atoms with van der Waals surface area (Å²) in [5, 5.41) is 0. The van der Waals surface area contributed by atoms with Crippen LogP contribution in [0.2, 0.25) is 0 Å². The Kier molecular flexibility index (Phi) is 6.29. The van der Waals surface area contributed by atoms with Gasteiger partial charge in [0.05, 0.1) is 13.7 Å². The molecule has 7 nitrogen and oxygen atoms in total. The van der Waals surface area contributed by atoms with Crippen LogP contribution in [0, 0.1) is 13.8 Å². The van der Waals surface area contributed by atoms with E-state index in [0.717, 1.165) is 11.1 Å². The summed E-state index contributed by atoms with van der Waals surface area (Å²) in [5.74, 6) is 0.372. The van der Waals surface area contributed by atoms with Crippen LogP contribution in [0.4, 0.5) is 4.79 Å². The normalized spacial score (nSPS) is 16.4. The van der Waals surface area contributed by atoms with E-state index in [-0.39, 0.29) is 11.4 Å². The van der Waals surface area contributed by atoms with Crippen LogP contribution in [0.25, 0.3) is 0 Å². The number of hydrogen-bond acceptors (Lipinski definition) is 5. The fraction of sp³-hybridized carbons (Fsp3) is 0.588. The van der Waals surface area contributed by atoms with E-state index < -0.39 is 16.1 Å². The van der Waals surface area contributed by atoms with Crippen molar-refractivity contribution < 1.29 is 22.7 Å². The molecule has 0 aromatic heterocycles. The Bertz CT molecular complexity index is 733. The second-order valence-electron chi connectivity index (χ2n) is 6.06. The molecule has 0 bridgehead atoms. The lowest BCUT2D eigenvalue weighted by Crippen LogP contribution is -2.37. The van der Waals surface area contributed by atoms with Crippen molar-refractivity contribution in [2.45, 2.75) is 32.1 Å². The van der Waals surface area contributed by atoms with Gasteiger partial charge in [0.1, 0.15) is 10.6 Å². The SMILES string of the molecule is CCOC(=O)N1CCCN(S(=O)(=O)c2cc(C)cc(C)c2OC)CC1. The highest BCUT2D eigenvalue weighted by Crippen LogP contribution is 2.31. The lowest BCUT2D eigenvalue weighted by atomic mass is 10.1. The largest absolute Gasteiger partial charge is 0.495 e. The highest BCUT2D eigenvalue weighted by molar-refractivity contribution is 7.89. The molecule has 1 aromatic rings. The van der Waals surface area contributed by atoms with Crippen LogP contribution in [0.5, 0.6) is 5.75 Å². The molecule has 1 aromatic carbocycles. The fourth-order valence-corrected chi connectivity index (χ4v) is 4.82. The monoisotopic (exact) mass is 370 g/mol. The van der Waals surface area contributed by atoms with Gasteiger partial charge < -0.3 is 14.4 Å². The van der Waals surface area contributed by atoms with Crippen LogP contribution in [0.15, 0.2) is 17.0 Å². The first-order valence-electron chi connectivity index (χ1n) is 8.38. The maximum atomic E-state index is 13.1. The summed E-state index contributed by atoms with van der Waals surface area (Å²) in [6.45, 7) is 7.12. The van der Waals surface area contributed by atoms with Crippen molar-refractivity contribution in [3.8, 4) is 5.75 Å². The summed E-state index contributed by atoms with van der Waals surface area (Å²) in [5.41, 5.74) is 1.64. The Labute approximate surface area is 149 Å². The van der Waals surface area contributed by atoms with Gasteiger partial charge >= 0.3 is 6.09 Å². The molecule has 1 heterocycles. The molecular weight excluding hydrogens is 344 g/mol. The molecule has 8 heteroatoms. The molecule has 1 saturated heterocycles. The Morgan fingerprint density at radius 3 is 2.52 bits per heavy atom. The number of methoxy groups -OCH3 is 1. The van der Waals surface area contributed by atoms with Crippen LogP contribution >= 0.6 is 0 Å². The van der Waals surface area contributed by atoms with Gasteiger partial charge in [-0.05, 0) is 44.4 Å². The minimum absolute atomic E-state index is 0.178. The molecule has 0 spiro atoms. The molecular formula is C17H26N2O5S. The molecule has 0 radical (unpaired) electrons. The zero-order valence-electron chi connectivity index (χ0n) is 15.2. The van der Waals surface area contributed by atoms with Crippen molar-refractivity contribution in [2.24, 2.45) is 0 Å². The molecule has 0 aliphatic carbocycles. The summed E-state index contributed by atoms with van der Waals surface area (Å²) in [7, 11) is -2.23. The Morgan fingerprint density at radius 1 is 1.16 bits per heavy atom. The lowest BCUT2D eigenvalue weighted by molar-refractivity contribution is 0.109. The number of sulfonamides is 1. The molecule has 1 aliphatic rings. The smallest absolute Gasteiger partial charge is 0.409 e. The van der Waals surface area contributed by atoms with Crippen molar-refractivity contribution in [1.29, 1.82) is 0 Å². The van der Waals surface area contributed by atoms with E-state index in [9.17, 15) is 13.2 Å². The number of benzene rings is 1. The van der Waals surface area contributed by atoms with Gasteiger partial charge in [-0.25, -0.2) is 13.2 Å². The molecule has 2 rings (SSSR count). The number of amides is 1. The van der Waals surface area contributed by atoms with Crippen molar-refractivity contribution >= 4 is 16.1 Å². The maximum absolute atomic E-state index is 13.1. The number of nitrogens with zero attached hydrogens (tertiary/aromatic N) is 2. The maximum Gasteiger partial charge on any atom is 0.409 e. The minimum atomic E-state index is -3.70. The average molecular weight is 370 g/mol. The van der Waals surface area contributed by atoms with Crippen LogP contribution in [0.1, 0.15) is 24.5 Å². The molecule has 0 saturated carbocycles. The fourth-order valence-electron chi connectivity index (χ4n) is 3.04. The zero-order valence-corrected chi connectivity index (χ0v) is 16.1. The second-order valence-corrected chi connectivity index (χ2v) is 7.96. The van der Waals surface area contributed by atoms with Gasteiger partial charge in [-0.2, -0.15) is 4.31 Å². The molecule has 1 amide bonds. The van der Waals surface area contributed by atoms with Gasteiger partial charge in [-0.3, -0.25) is 0 Å². The number of carbonyl (C=O) groups is 1. The Balaban J connectivity index is 2.28. The number of rotatable bonds is 4. The van der Waals surface area contributed by atoms with Crippen LogP contribution in [-0.4, -0.2) is 63.6 Å². The second kappa shape index (κ2) is 8.05. The van der Waals surface area contributed by atoms with Crippen molar-refractivity contribution in [3.05, 3.63) is 23.3 Å². The van der Waals surface area contributed by atoms with Crippen molar-refractivity contribution in [2.75, 3.05) is 39.9 Å². The predicted octanol–water partition coefficient (Wildman–Crippen LogP) is 2.16. The summed E-state index contributed by atoms with van der Waals surface area (Å²) >= 11 is 0. The molecule has 1 aliphatic heterocycles. The average Bonchev–Trinajstić information content (AvgIpc) is 2.81. The van der Waals surface area contributed by atoms with Gasteiger partial charge in [0.25, 0.3) is 0 Å². The first-order valence-corrected chi connectivity index (χ1v) is 9.82. The van der Waals surface area contributed by atoms with Crippen molar-refractivity contribution in [3.63, 3.8) is 0 Å². The first kappa shape index (κ1) is 19.5. The van der Waals surface area contributed by atoms with E-state index in [1.54, 1.807) is 17.9 Å². The number of ether oxygens (including phenoxy) is 2. The minimum Gasteiger partial charge on any atom is -0.495 e. The van der Waals surface area contributed by atoms with Gasteiger partial charge in [0.15, 0.2) is 0 Å². The van der Waals surface area contributed by atoms with Gasteiger partial charge in [-0.15, -0.1) is 0 Å². The van der Waals surface area contributed by atoms with Crippen LogP contribution in [-0.2, 0) is 14.8 Å². The zero-order chi connectivity index (χ0) is 18.6. The first-order chi connectivity index (χ1) is 11.8. The number of aryl methyl sites for hydroxylation is 2. The lowest BCUT2D eigenvalue weighted by Gasteiger charge is -2.23. The Hall–Kier alpha value is -1.80. The van der Waals surface area contributed by atoms with E-state index in [1.165, 1.54) is 11.4 Å². The van der Waals surface area contributed by atoms with E-state index in [0.29, 0.717) is 38.4 Å². The summed E-state index contributed by atoms with van der Waals surface area (Å²) < 4.78 is 38.0. The molecule has 0 N–H and O–H groups in total. The number of hydrogen-bond donors (Lipinski definition) is 0. The standard InChI is InChI=1S/C17H26N2O5S/c1-5-24-17(20)18-7-6-8-19(10-9-18)25(21,22)15-12-13(2)11-14(3)16(15)23-4/h11-12H,5-10H2,1-4H3. The summed E-state index contributed by atoms with van der Waals surface area (Å²) in [6, 6.07) is 3.53. The highest BCUT2D eigenvalue weighted by atomic mass is 32.2. The van der Waals surface area contributed by atoms with Crippen LogP contribution in [0.3, 0.4) is 0 Å². The summed E-state index contributed by atoms with van der Waals surface area (Å²) in [4.78, 5) is 13.6.